The molecule has 0 amide bonds. The van der Waals surface area contributed by atoms with Gasteiger partial charge < -0.3 is 16.4 Å². The molecule has 0 saturated carbocycles. The van der Waals surface area contributed by atoms with Crippen molar-refractivity contribution in [2.75, 3.05) is 16.4 Å². The van der Waals surface area contributed by atoms with Crippen LogP contribution in [0.15, 0.2) is 54.9 Å². The summed E-state index contributed by atoms with van der Waals surface area (Å²) >= 11 is 0. The maximum Gasteiger partial charge on any atom is 0.159 e. The highest BCUT2D eigenvalue weighted by atomic mass is 15.1. The molecule has 5 heteroatoms. The predicted octanol–water partition coefficient (Wildman–Crippen LogP) is 4.42. The van der Waals surface area contributed by atoms with Gasteiger partial charge in [0.25, 0.3) is 0 Å². The summed E-state index contributed by atoms with van der Waals surface area (Å²) in [5, 5.41) is 6.49. The van der Waals surface area contributed by atoms with Crippen molar-refractivity contribution >= 4 is 28.7 Å². The molecule has 3 rings (SSSR count). The van der Waals surface area contributed by atoms with Crippen LogP contribution in [0.4, 0.5) is 28.7 Å². The van der Waals surface area contributed by atoms with Crippen molar-refractivity contribution in [3.05, 3.63) is 66.0 Å². The zero-order chi connectivity index (χ0) is 16.9. The molecule has 0 atom stereocenters. The lowest BCUT2D eigenvalue weighted by atomic mass is 10.1. The number of anilines is 5. The first-order chi connectivity index (χ1) is 11.7. The average Bonchev–Trinajstić information content (AvgIpc) is 2.59. The van der Waals surface area contributed by atoms with Gasteiger partial charge in [0.1, 0.15) is 12.0 Å². The fraction of sp³-hybridized carbons (Fsp3) is 0.158. The van der Waals surface area contributed by atoms with Gasteiger partial charge in [0.2, 0.25) is 0 Å². The molecule has 1 aromatic heterocycles. The number of aryl methyl sites for hydroxylation is 2. The van der Waals surface area contributed by atoms with E-state index < -0.39 is 0 Å². The van der Waals surface area contributed by atoms with Crippen LogP contribution < -0.4 is 16.4 Å². The summed E-state index contributed by atoms with van der Waals surface area (Å²) in [6.45, 7) is 4.18. The number of nitrogens with one attached hydrogen (secondary N) is 2. The Morgan fingerprint density at radius 1 is 0.917 bits per heavy atom. The van der Waals surface area contributed by atoms with E-state index in [9.17, 15) is 0 Å². The minimum atomic E-state index is 0.485. The molecule has 24 heavy (non-hydrogen) atoms. The van der Waals surface area contributed by atoms with Gasteiger partial charge in [0.05, 0.1) is 0 Å². The molecule has 0 aliphatic rings. The molecule has 1 heterocycles. The van der Waals surface area contributed by atoms with E-state index in [0.29, 0.717) is 17.3 Å². The third kappa shape index (κ3) is 3.63. The molecule has 0 spiro atoms. The molecule has 0 aliphatic carbocycles. The van der Waals surface area contributed by atoms with Crippen LogP contribution in [0.3, 0.4) is 0 Å². The van der Waals surface area contributed by atoms with E-state index in [1.807, 2.05) is 43.3 Å². The molecular formula is C19H21N5. The summed E-state index contributed by atoms with van der Waals surface area (Å²) in [5.41, 5.74) is 11.1. The predicted molar refractivity (Wildman–Crippen MR) is 100 cm³/mol. The summed E-state index contributed by atoms with van der Waals surface area (Å²) in [5.74, 6) is 1.17. The highest BCUT2D eigenvalue weighted by Gasteiger charge is 2.09. The first kappa shape index (κ1) is 15.8. The van der Waals surface area contributed by atoms with Crippen molar-refractivity contribution in [3.8, 4) is 0 Å². The van der Waals surface area contributed by atoms with Crippen LogP contribution in [-0.4, -0.2) is 9.97 Å². The van der Waals surface area contributed by atoms with Gasteiger partial charge in [-0.15, -0.1) is 0 Å². The van der Waals surface area contributed by atoms with Crippen LogP contribution in [-0.2, 0) is 6.42 Å². The van der Waals surface area contributed by atoms with E-state index in [4.69, 9.17) is 5.73 Å². The minimum Gasteiger partial charge on any atom is -0.393 e. The fourth-order valence-corrected chi connectivity index (χ4v) is 2.41. The van der Waals surface area contributed by atoms with Crippen molar-refractivity contribution in [2.24, 2.45) is 0 Å². The second kappa shape index (κ2) is 7.00. The highest BCUT2D eigenvalue weighted by Crippen LogP contribution is 2.28. The van der Waals surface area contributed by atoms with Crippen molar-refractivity contribution in [2.45, 2.75) is 20.3 Å². The number of benzene rings is 2. The maximum absolute atomic E-state index is 6.22. The summed E-state index contributed by atoms with van der Waals surface area (Å²) in [4.78, 5) is 8.49. The summed E-state index contributed by atoms with van der Waals surface area (Å²) < 4.78 is 0. The normalized spacial score (nSPS) is 10.4. The fourth-order valence-electron chi connectivity index (χ4n) is 2.41. The molecule has 0 aliphatic heterocycles. The number of nitrogens with two attached hydrogens (primary N) is 1. The molecular weight excluding hydrogens is 298 g/mol. The topological polar surface area (TPSA) is 75.9 Å². The van der Waals surface area contributed by atoms with E-state index >= 15 is 0 Å². The molecule has 0 saturated heterocycles. The smallest absolute Gasteiger partial charge is 0.159 e. The zero-order valence-corrected chi connectivity index (χ0v) is 13.9. The monoisotopic (exact) mass is 319 g/mol. The number of hydrogen-bond donors (Lipinski definition) is 3. The third-order valence-electron chi connectivity index (χ3n) is 3.79. The third-order valence-corrected chi connectivity index (χ3v) is 3.79. The van der Waals surface area contributed by atoms with Gasteiger partial charge >= 0.3 is 0 Å². The minimum absolute atomic E-state index is 0.485. The highest BCUT2D eigenvalue weighted by molar-refractivity contribution is 5.80. The lowest BCUT2D eigenvalue weighted by Gasteiger charge is -2.13. The van der Waals surface area contributed by atoms with E-state index in [0.717, 1.165) is 17.8 Å². The number of hydrogen-bond acceptors (Lipinski definition) is 5. The molecule has 4 N–H and O–H groups in total. The lowest BCUT2D eigenvalue weighted by molar-refractivity contribution is 1.14. The van der Waals surface area contributed by atoms with Gasteiger partial charge in [-0.3, -0.25) is 0 Å². The Morgan fingerprint density at radius 3 is 2.21 bits per heavy atom. The van der Waals surface area contributed by atoms with Crippen LogP contribution in [0.2, 0.25) is 0 Å². The molecule has 0 bridgehead atoms. The second-order valence-electron chi connectivity index (χ2n) is 5.65. The largest absolute Gasteiger partial charge is 0.393 e. The molecule has 0 radical (unpaired) electrons. The van der Waals surface area contributed by atoms with Crippen molar-refractivity contribution in [1.29, 1.82) is 0 Å². The Kier molecular flexibility index (Phi) is 4.61. The van der Waals surface area contributed by atoms with Crippen molar-refractivity contribution in [3.63, 3.8) is 0 Å². The van der Waals surface area contributed by atoms with Gasteiger partial charge in [0.15, 0.2) is 11.6 Å². The quantitative estimate of drug-likeness (QED) is 0.649. The standard InChI is InChI=1S/C19H21N5/c1-3-14-7-9-15(10-8-14)23-18-17(20)19(22-12-21-18)24-16-6-4-5-13(2)11-16/h4-12H,3,20H2,1-2H3,(H2,21,22,23,24). The van der Waals surface area contributed by atoms with Crippen LogP contribution in [0, 0.1) is 6.92 Å². The van der Waals surface area contributed by atoms with Gasteiger partial charge in [-0.2, -0.15) is 0 Å². The molecule has 3 aromatic rings. The second-order valence-corrected chi connectivity index (χ2v) is 5.65. The van der Waals surface area contributed by atoms with Gasteiger partial charge in [-0.1, -0.05) is 31.2 Å². The molecule has 0 unspecified atom stereocenters. The van der Waals surface area contributed by atoms with E-state index in [1.165, 1.54) is 17.5 Å². The average molecular weight is 319 g/mol. The number of nitrogen functional groups attached to an aromatic ring is 1. The molecule has 5 nitrogen and oxygen atoms in total. The maximum atomic E-state index is 6.22. The molecule has 0 fully saturated rings. The lowest BCUT2D eigenvalue weighted by Crippen LogP contribution is -2.05. The van der Waals surface area contributed by atoms with Crippen molar-refractivity contribution < 1.29 is 0 Å². The van der Waals surface area contributed by atoms with Crippen LogP contribution in [0.1, 0.15) is 18.1 Å². The van der Waals surface area contributed by atoms with Crippen LogP contribution in [0.5, 0.6) is 0 Å². The Morgan fingerprint density at radius 2 is 1.58 bits per heavy atom. The first-order valence-electron chi connectivity index (χ1n) is 7.96. The van der Waals surface area contributed by atoms with Crippen LogP contribution >= 0.6 is 0 Å². The number of rotatable bonds is 5. The van der Waals surface area contributed by atoms with E-state index in [1.54, 1.807) is 0 Å². The van der Waals surface area contributed by atoms with E-state index in [-0.39, 0.29) is 0 Å². The Balaban J connectivity index is 1.82. The van der Waals surface area contributed by atoms with E-state index in [2.05, 4.69) is 39.7 Å². The molecule has 122 valence electrons. The van der Waals surface area contributed by atoms with Crippen molar-refractivity contribution in [1.82, 2.24) is 9.97 Å². The number of nitrogens with zero attached hydrogens (tertiary/aromatic N) is 2. The summed E-state index contributed by atoms with van der Waals surface area (Å²) in [6, 6.07) is 16.3. The zero-order valence-electron chi connectivity index (χ0n) is 13.9. The summed E-state index contributed by atoms with van der Waals surface area (Å²) in [6.07, 6.45) is 2.51. The van der Waals surface area contributed by atoms with Gasteiger partial charge in [-0.25, -0.2) is 9.97 Å². The van der Waals surface area contributed by atoms with Gasteiger partial charge in [-0.05, 0) is 48.7 Å². The SMILES string of the molecule is CCc1ccc(Nc2ncnc(Nc3cccc(C)c3)c2N)cc1. The molecule has 2 aromatic carbocycles. The first-order valence-corrected chi connectivity index (χ1v) is 7.96. The van der Waals surface area contributed by atoms with Crippen LogP contribution in [0.25, 0.3) is 0 Å². The van der Waals surface area contributed by atoms with Gasteiger partial charge in [0, 0.05) is 11.4 Å². The summed E-state index contributed by atoms with van der Waals surface area (Å²) in [7, 11) is 0. The number of aromatic nitrogens is 2. The Hall–Kier alpha value is -3.08. The Bertz CT molecular complexity index is 827. The Labute approximate surface area is 142 Å².